The number of nitrogens with two attached hydrogens (primary N) is 1. The highest BCUT2D eigenvalue weighted by Crippen LogP contribution is 2.42. The molecule has 0 aliphatic heterocycles. The van der Waals surface area contributed by atoms with Gasteiger partial charge in [0.15, 0.2) is 0 Å². The lowest BCUT2D eigenvalue weighted by Gasteiger charge is -2.32. The maximum Gasteiger partial charge on any atom is 0.0574 e. The summed E-state index contributed by atoms with van der Waals surface area (Å²) in [5.41, 5.74) is 5.83. The molecule has 2 atom stereocenters. The van der Waals surface area contributed by atoms with Crippen LogP contribution in [0, 0.1) is 0 Å². The van der Waals surface area contributed by atoms with Crippen LogP contribution in [0.5, 0.6) is 0 Å². The van der Waals surface area contributed by atoms with E-state index in [1.165, 1.54) is 11.1 Å². The number of thiophene rings is 1. The maximum atomic E-state index is 6.17. The molecule has 0 saturated heterocycles. The molecular weight excluding hydrogens is 264 g/mol. The van der Waals surface area contributed by atoms with Crippen LogP contribution >= 0.6 is 22.9 Å². The van der Waals surface area contributed by atoms with E-state index >= 15 is 0 Å². The first-order valence-electron chi connectivity index (χ1n) is 6.06. The summed E-state index contributed by atoms with van der Waals surface area (Å²) in [6, 6.07) is 10.7. The molecule has 3 rings (SSSR count). The van der Waals surface area contributed by atoms with Crippen molar-refractivity contribution in [3.8, 4) is 0 Å². The lowest BCUT2D eigenvalue weighted by molar-refractivity contribution is 0.440. The smallest absolute Gasteiger partial charge is 0.0574 e. The normalized spacial score (nSPS) is 19.1. The van der Waals surface area contributed by atoms with E-state index in [-0.39, 0.29) is 6.04 Å². The molecule has 0 fully saturated rings. The largest absolute Gasteiger partial charge is 0.271 e. The average Bonchev–Trinajstić information content (AvgIpc) is 2.77. The highest BCUT2D eigenvalue weighted by Gasteiger charge is 2.29. The predicted molar refractivity (Wildman–Crippen MR) is 76.9 cm³/mol. The van der Waals surface area contributed by atoms with Crippen molar-refractivity contribution in [2.75, 3.05) is 0 Å². The molecule has 0 radical (unpaired) electrons. The van der Waals surface area contributed by atoms with Crippen LogP contribution in [0.2, 0.25) is 5.02 Å². The van der Waals surface area contributed by atoms with Gasteiger partial charge in [-0.25, -0.2) is 0 Å². The Hall–Kier alpha value is -0.870. The third-order valence-corrected chi connectivity index (χ3v) is 5.12. The first kappa shape index (κ1) is 12.2. The summed E-state index contributed by atoms with van der Waals surface area (Å²) in [7, 11) is 0. The van der Waals surface area contributed by atoms with E-state index in [1.54, 1.807) is 11.3 Å². The van der Waals surface area contributed by atoms with E-state index in [0.717, 1.165) is 22.7 Å². The highest BCUT2D eigenvalue weighted by atomic mass is 35.5. The van der Waals surface area contributed by atoms with Gasteiger partial charge in [0.2, 0.25) is 0 Å². The predicted octanol–water partition coefficient (Wildman–Crippen LogP) is 3.64. The number of fused-ring (bicyclic) bond motifs is 1. The summed E-state index contributed by atoms with van der Waals surface area (Å²) in [5, 5.41) is 2.83. The van der Waals surface area contributed by atoms with Crippen molar-refractivity contribution in [3.05, 3.63) is 56.7 Å². The van der Waals surface area contributed by atoms with E-state index in [9.17, 15) is 0 Å². The van der Waals surface area contributed by atoms with Gasteiger partial charge in [0.05, 0.1) is 11.1 Å². The zero-order valence-corrected chi connectivity index (χ0v) is 11.5. The van der Waals surface area contributed by atoms with E-state index in [0.29, 0.717) is 5.92 Å². The van der Waals surface area contributed by atoms with Gasteiger partial charge in [0.25, 0.3) is 0 Å². The van der Waals surface area contributed by atoms with Crippen LogP contribution in [0.3, 0.4) is 0 Å². The molecule has 4 heteroatoms. The highest BCUT2D eigenvalue weighted by molar-refractivity contribution is 7.10. The molecule has 2 nitrogen and oxygen atoms in total. The molecule has 1 aliphatic carbocycles. The van der Waals surface area contributed by atoms with Gasteiger partial charge in [-0.3, -0.25) is 11.3 Å². The quantitative estimate of drug-likeness (QED) is 0.662. The van der Waals surface area contributed by atoms with Gasteiger partial charge in [-0.1, -0.05) is 35.9 Å². The van der Waals surface area contributed by atoms with Crippen LogP contribution in [-0.2, 0) is 6.42 Å². The molecular formula is C14H15ClN2S. The average molecular weight is 279 g/mol. The second kappa shape index (κ2) is 5.02. The Morgan fingerprint density at radius 1 is 1.39 bits per heavy atom. The molecule has 18 heavy (non-hydrogen) atoms. The first-order chi connectivity index (χ1) is 8.79. The van der Waals surface area contributed by atoms with Gasteiger partial charge in [0.1, 0.15) is 0 Å². The van der Waals surface area contributed by atoms with E-state index in [2.05, 4.69) is 29.7 Å². The summed E-state index contributed by atoms with van der Waals surface area (Å²) in [6.07, 6.45) is 2.16. The number of halogens is 1. The zero-order valence-electron chi connectivity index (χ0n) is 9.90. The third-order valence-electron chi connectivity index (χ3n) is 3.64. The van der Waals surface area contributed by atoms with Crippen molar-refractivity contribution in [2.45, 2.75) is 24.8 Å². The number of hydrazine groups is 1. The van der Waals surface area contributed by atoms with Crippen molar-refractivity contribution in [3.63, 3.8) is 0 Å². The van der Waals surface area contributed by atoms with Crippen LogP contribution < -0.4 is 11.3 Å². The van der Waals surface area contributed by atoms with Gasteiger partial charge in [-0.2, -0.15) is 0 Å². The Balaban J connectivity index is 1.76. The molecule has 1 aromatic carbocycles. The fourth-order valence-corrected chi connectivity index (χ4v) is 3.93. The van der Waals surface area contributed by atoms with Gasteiger partial charge >= 0.3 is 0 Å². The second-order valence-electron chi connectivity index (χ2n) is 4.69. The number of nitrogens with one attached hydrogen (secondary N) is 1. The van der Waals surface area contributed by atoms with Crippen molar-refractivity contribution in [1.82, 2.24) is 5.43 Å². The molecule has 0 bridgehead atoms. The van der Waals surface area contributed by atoms with Crippen molar-refractivity contribution < 1.29 is 0 Å². The topological polar surface area (TPSA) is 38.0 Å². The van der Waals surface area contributed by atoms with Crippen molar-refractivity contribution in [2.24, 2.45) is 5.84 Å². The number of rotatable bonds is 4. The molecule has 0 spiro atoms. The standard InChI is InChI=1S/C14H15ClN2S/c15-12-5-6-18-14(12)13(17-16)8-10-7-9-3-1-2-4-11(9)10/h1-6,10,13,17H,7-8,16H2. The van der Waals surface area contributed by atoms with Gasteiger partial charge < -0.3 is 0 Å². The minimum absolute atomic E-state index is 0.149. The van der Waals surface area contributed by atoms with Crippen LogP contribution in [-0.4, -0.2) is 0 Å². The molecule has 0 amide bonds. The number of hydrogen-bond acceptors (Lipinski definition) is 3. The zero-order chi connectivity index (χ0) is 12.5. The van der Waals surface area contributed by atoms with Crippen molar-refractivity contribution in [1.29, 1.82) is 0 Å². The van der Waals surface area contributed by atoms with E-state index in [1.807, 2.05) is 11.4 Å². The fourth-order valence-electron chi connectivity index (χ4n) is 2.66. The van der Waals surface area contributed by atoms with Crippen LogP contribution in [0.15, 0.2) is 35.7 Å². The third kappa shape index (κ3) is 2.08. The summed E-state index contributed by atoms with van der Waals surface area (Å²) in [5.74, 6) is 6.28. The van der Waals surface area contributed by atoms with E-state index in [4.69, 9.17) is 17.4 Å². The van der Waals surface area contributed by atoms with Crippen LogP contribution in [0.25, 0.3) is 0 Å². The Morgan fingerprint density at radius 2 is 2.22 bits per heavy atom. The minimum Gasteiger partial charge on any atom is -0.271 e. The first-order valence-corrected chi connectivity index (χ1v) is 7.32. The summed E-state index contributed by atoms with van der Waals surface area (Å²) < 4.78 is 0. The summed E-state index contributed by atoms with van der Waals surface area (Å²) >= 11 is 7.84. The lowest BCUT2D eigenvalue weighted by Crippen LogP contribution is -2.31. The molecule has 1 heterocycles. The number of benzene rings is 1. The van der Waals surface area contributed by atoms with Gasteiger partial charge in [-0.15, -0.1) is 11.3 Å². The molecule has 2 unspecified atom stereocenters. The second-order valence-corrected chi connectivity index (χ2v) is 6.04. The minimum atomic E-state index is 0.149. The van der Waals surface area contributed by atoms with Crippen molar-refractivity contribution >= 4 is 22.9 Å². The molecule has 94 valence electrons. The molecule has 0 saturated carbocycles. The van der Waals surface area contributed by atoms with Gasteiger partial charge in [0, 0.05) is 4.88 Å². The molecule has 3 N–H and O–H groups in total. The van der Waals surface area contributed by atoms with Crippen LogP contribution in [0.1, 0.15) is 34.4 Å². The SMILES string of the molecule is NNC(CC1Cc2ccccc21)c1sccc1Cl. The molecule has 1 aromatic heterocycles. The van der Waals surface area contributed by atoms with E-state index < -0.39 is 0 Å². The molecule has 2 aromatic rings. The Morgan fingerprint density at radius 3 is 2.89 bits per heavy atom. The van der Waals surface area contributed by atoms with Gasteiger partial charge in [-0.05, 0) is 41.3 Å². The Labute approximate surface area is 116 Å². The number of hydrogen-bond donors (Lipinski definition) is 2. The Bertz CT molecular complexity index is 552. The lowest BCUT2D eigenvalue weighted by atomic mass is 9.74. The molecule has 1 aliphatic rings. The Kier molecular flexibility index (Phi) is 3.39. The summed E-state index contributed by atoms with van der Waals surface area (Å²) in [4.78, 5) is 1.14. The maximum absolute atomic E-state index is 6.17. The van der Waals surface area contributed by atoms with Crippen LogP contribution in [0.4, 0.5) is 0 Å². The summed E-state index contributed by atoms with van der Waals surface area (Å²) in [6.45, 7) is 0. The monoisotopic (exact) mass is 278 g/mol. The fraction of sp³-hybridized carbons (Fsp3) is 0.286.